The Morgan fingerprint density at radius 3 is 2.36 bits per heavy atom. The van der Waals surface area contributed by atoms with Crippen LogP contribution in [0.25, 0.3) is 11.6 Å². The first-order valence-corrected chi connectivity index (χ1v) is 7.24. The molecule has 2 aromatic carbocycles. The average Bonchev–Trinajstić information content (AvgIpc) is 2.53. The van der Waals surface area contributed by atoms with Crippen molar-refractivity contribution in [2.45, 2.75) is 20.3 Å². The Bertz CT molecular complexity index is 697. The van der Waals surface area contributed by atoms with Gasteiger partial charge in [0.1, 0.15) is 5.75 Å². The fourth-order valence-corrected chi connectivity index (χ4v) is 2.34. The number of hydrogen-bond acceptors (Lipinski definition) is 2. The zero-order valence-corrected chi connectivity index (χ0v) is 13.1. The van der Waals surface area contributed by atoms with E-state index in [1.165, 1.54) is 5.56 Å². The predicted octanol–water partition coefficient (Wildman–Crippen LogP) is 4.19. The third-order valence-electron chi connectivity index (χ3n) is 3.65. The van der Waals surface area contributed by atoms with E-state index >= 15 is 0 Å². The number of carbonyl (C=O) groups is 1. The summed E-state index contributed by atoms with van der Waals surface area (Å²) in [6, 6.07) is 13.3. The summed E-state index contributed by atoms with van der Waals surface area (Å²) >= 11 is 0. The molecule has 0 saturated heterocycles. The fourth-order valence-electron chi connectivity index (χ4n) is 2.34. The maximum atomic E-state index is 11.6. The van der Waals surface area contributed by atoms with Crippen molar-refractivity contribution in [3.8, 4) is 5.75 Å². The molecule has 3 nitrogen and oxygen atoms in total. The van der Waals surface area contributed by atoms with E-state index in [0.29, 0.717) is 5.56 Å². The molecule has 0 spiro atoms. The summed E-state index contributed by atoms with van der Waals surface area (Å²) in [6.07, 6.45) is 2.67. The van der Waals surface area contributed by atoms with Gasteiger partial charge in [0.15, 0.2) is 0 Å². The highest BCUT2D eigenvalue weighted by atomic mass is 16.5. The van der Waals surface area contributed by atoms with E-state index in [-0.39, 0.29) is 5.57 Å². The van der Waals surface area contributed by atoms with Gasteiger partial charge in [-0.2, -0.15) is 0 Å². The van der Waals surface area contributed by atoms with E-state index in [0.717, 1.165) is 23.3 Å². The summed E-state index contributed by atoms with van der Waals surface area (Å²) in [5.41, 5.74) is 3.97. The molecule has 0 bridgehead atoms. The van der Waals surface area contributed by atoms with Gasteiger partial charge in [-0.3, -0.25) is 0 Å². The van der Waals surface area contributed by atoms with Crippen LogP contribution in [0.15, 0.2) is 42.5 Å². The highest BCUT2D eigenvalue weighted by Gasteiger charge is 2.13. The number of aryl methyl sites for hydroxylation is 2. The van der Waals surface area contributed by atoms with E-state index in [1.54, 1.807) is 25.3 Å². The Morgan fingerprint density at radius 2 is 1.86 bits per heavy atom. The predicted molar refractivity (Wildman–Crippen MR) is 89.1 cm³/mol. The van der Waals surface area contributed by atoms with Crippen LogP contribution in [0.5, 0.6) is 5.75 Å². The number of carboxylic acids is 1. The lowest BCUT2D eigenvalue weighted by atomic mass is 9.98. The highest BCUT2D eigenvalue weighted by molar-refractivity contribution is 6.21. The largest absolute Gasteiger partial charge is 0.497 e. The van der Waals surface area contributed by atoms with Crippen molar-refractivity contribution in [3.05, 3.63) is 64.7 Å². The van der Waals surface area contributed by atoms with Crippen LogP contribution in [-0.4, -0.2) is 18.2 Å². The molecule has 0 saturated carbocycles. The SMILES string of the molecule is CCc1ccc(/C=C(\C(=O)O)c2ccc(OC)cc2C)cc1. The smallest absolute Gasteiger partial charge is 0.336 e. The standard InChI is InChI=1S/C19H20O3/c1-4-14-5-7-15(8-6-14)12-18(19(20)21)17-10-9-16(22-3)11-13(17)2/h5-12H,4H2,1-3H3,(H,20,21)/b18-12-. The number of benzene rings is 2. The van der Waals surface area contributed by atoms with Gasteiger partial charge in [0, 0.05) is 0 Å². The summed E-state index contributed by atoms with van der Waals surface area (Å²) in [6.45, 7) is 3.98. The quantitative estimate of drug-likeness (QED) is 0.664. The second kappa shape index (κ2) is 6.94. The molecule has 0 aromatic heterocycles. The van der Waals surface area contributed by atoms with E-state index in [1.807, 2.05) is 37.3 Å². The van der Waals surface area contributed by atoms with Gasteiger partial charge in [-0.25, -0.2) is 4.79 Å². The van der Waals surface area contributed by atoms with Gasteiger partial charge in [-0.05, 0) is 53.8 Å². The Kier molecular flexibility index (Phi) is 4.99. The van der Waals surface area contributed by atoms with Crippen LogP contribution < -0.4 is 4.74 Å². The van der Waals surface area contributed by atoms with Crippen LogP contribution >= 0.6 is 0 Å². The molecule has 2 rings (SSSR count). The molecule has 1 N–H and O–H groups in total. The van der Waals surface area contributed by atoms with Crippen LogP contribution in [-0.2, 0) is 11.2 Å². The minimum atomic E-state index is -0.937. The molecule has 0 aliphatic rings. The van der Waals surface area contributed by atoms with Gasteiger partial charge in [0.05, 0.1) is 12.7 Å². The first-order valence-electron chi connectivity index (χ1n) is 7.24. The van der Waals surface area contributed by atoms with E-state index in [2.05, 4.69) is 6.92 Å². The Morgan fingerprint density at radius 1 is 1.18 bits per heavy atom. The number of rotatable bonds is 5. The molecular weight excluding hydrogens is 276 g/mol. The molecule has 0 aliphatic heterocycles. The lowest BCUT2D eigenvalue weighted by Gasteiger charge is -2.09. The van der Waals surface area contributed by atoms with Crippen molar-refractivity contribution in [3.63, 3.8) is 0 Å². The Hall–Kier alpha value is -2.55. The molecule has 0 atom stereocenters. The number of carboxylic acid groups (broad SMARTS) is 1. The zero-order chi connectivity index (χ0) is 16.1. The molecule has 0 unspecified atom stereocenters. The molecule has 0 heterocycles. The maximum absolute atomic E-state index is 11.6. The molecular formula is C19H20O3. The van der Waals surface area contributed by atoms with Crippen molar-refractivity contribution in [2.75, 3.05) is 7.11 Å². The lowest BCUT2D eigenvalue weighted by Crippen LogP contribution is -2.02. The second-order valence-corrected chi connectivity index (χ2v) is 5.14. The van der Waals surface area contributed by atoms with Crippen molar-refractivity contribution >= 4 is 17.6 Å². The Labute approximate surface area is 130 Å². The molecule has 2 aromatic rings. The molecule has 114 valence electrons. The van der Waals surface area contributed by atoms with Gasteiger partial charge < -0.3 is 9.84 Å². The van der Waals surface area contributed by atoms with Gasteiger partial charge in [0.2, 0.25) is 0 Å². The van der Waals surface area contributed by atoms with Crippen LogP contribution in [0.3, 0.4) is 0 Å². The zero-order valence-electron chi connectivity index (χ0n) is 13.1. The van der Waals surface area contributed by atoms with Gasteiger partial charge in [0.25, 0.3) is 0 Å². The van der Waals surface area contributed by atoms with Gasteiger partial charge in [-0.1, -0.05) is 37.3 Å². The summed E-state index contributed by atoms with van der Waals surface area (Å²) < 4.78 is 5.17. The topological polar surface area (TPSA) is 46.5 Å². The summed E-state index contributed by atoms with van der Waals surface area (Å²) in [4.78, 5) is 11.6. The minimum absolute atomic E-state index is 0.282. The van der Waals surface area contributed by atoms with Crippen LogP contribution in [0.4, 0.5) is 0 Å². The highest BCUT2D eigenvalue weighted by Crippen LogP contribution is 2.25. The van der Waals surface area contributed by atoms with Crippen molar-refractivity contribution in [1.29, 1.82) is 0 Å². The number of hydrogen-bond donors (Lipinski definition) is 1. The molecule has 0 fully saturated rings. The summed E-state index contributed by atoms with van der Waals surface area (Å²) in [5, 5.41) is 9.54. The fraction of sp³-hybridized carbons (Fsp3) is 0.211. The van der Waals surface area contributed by atoms with E-state index in [4.69, 9.17) is 4.74 Å². The first kappa shape index (κ1) is 15.8. The van der Waals surface area contributed by atoms with Crippen LogP contribution in [0.2, 0.25) is 0 Å². The average molecular weight is 296 g/mol. The van der Waals surface area contributed by atoms with Gasteiger partial charge in [-0.15, -0.1) is 0 Å². The molecule has 22 heavy (non-hydrogen) atoms. The van der Waals surface area contributed by atoms with E-state index < -0.39 is 5.97 Å². The summed E-state index contributed by atoms with van der Waals surface area (Å²) in [5.74, 6) is -0.217. The van der Waals surface area contributed by atoms with Crippen LogP contribution in [0, 0.1) is 6.92 Å². The van der Waals surface area contributed by atoms with Crippen molar-refractivity contribution in [2.24, 2.45) is 0 Å². The second-order valence-electron chi connectivity index (χ2n) is 5.14. The Balaban J connectivity index is 2.45. The number of aliphatic carboxylic acids is 1. The monoisotopic (exact) mass is 296 g/mol. The maximum Gasteiger partial charge on any atom is 0.336 e. The minimum Gasteiger partial charge on any atom is -0.497 e. The summed E-state index contributed by atoms with van der Waals surface area (Å²) in [7, 11) is 1.59. The third-order valence-corrected chi connectivity index (χ3v) is 3.65. The molecule has 0 amide bonds. The normalized spacial score (nSPS) is 11.3. The van der Waals surface area contributed by atoms with Gasteiger partial charge >= 0.3 is 5.97 Å². The van der Waals surface area contributed by atoms with Crippen LogP contribution in [0.1, 0.15) is 29.2 Å². The first-order chi connectivity index (χ1) is 10.5. The number of ether oxygens (including phenoxy) is 1. The van der Waals surface area contributed by atoms with Crippen molar-refractivity contribution in [1.82, 2.24) is 0 Å². The molecule has 3 heteroatoms. The lowest BCUT2D eigenvalue weighted by molar-refractivity contribution is -0.130. The molecule has 0 aliphatic carbocycles. The van der Waals surface area contributed by atoms with E-state index in [9.17, 15) is 9.90 Å². The number of methoxy groups -OCH3 is 1. The third kappa shape index (κ3) is 3.55. The molecule has 0 radical (unpaired) electrons. The van der Waals surface area contributed by atoms with Crippen molar-refractivity contribution < 1.29 is 14.6 Å².